The van der Waals surface area contributed by atoms with E-state index in [1.165, 1.54) is 11.7 Å². The lowest BCUT2D eigenvalue weighted by atomic mass is 10.2. The number of imidazole rings is 1. The van der Waals surface area contributed by atoms with Gasteiger partial charge < -0.3 is 9.72 Å². The van der Waals surface area contributed by atoms with Crippen LogP contribution in [0, 0.1) is 5.92 Å². The van der Waals surface area contributed by atoms with Crippen molar-refractivity contribution in [3.05, 3.63) is 26.7 Å². The fraction of sp³-hybridized carbons (Fsp3) is 0.538. The van der Waals surface area contributed by atoms with Crippen molar-refractivity contribution in [2.45, 2.75) is 33.2 Å². The summed E-state index contributed by atoms with van der Waals surface area (Å²) in [5.41, 5.74) is -0.425. The standard InChI is InChI=1S/C13H18N4O4/c1-7(2)6-17-11-10(12(19)16-13(17)20)14-8(15-11)4-5-9(18)21-3/h7H,4-6H2,1-3H3,(H,14,15)(H,16,19,20). The minimum atomic E-state index is -0.508. The van der Waals surface area contributed by atoms with E-state index in [4.69, 9.17) is 0 Å². The quantitative estimate of drug-likeness (QED) is 0.764. The molecule has 2 rings (SSSR count). The molecule has 0 amide bonds. The van der Waals surface area contributed by atoms with E-state index >= 15 is 0 Å². The molecule has 0 saturated heterocycles. The fourth-order valence-corrected chi connectivity index (χ4v) is 2.06. The average molecular weight is 294 g/mol. The molecule has 2 N–H and O–H groups in total. The van der Waals surface area contributed by atoms with Crippen LogP contribution in [-0.4, -0.2) is 32.6 Å². The Kier molecular flexibility index (Phi) is 4.25. The number of rotatable bonds is 5. The Balaban J connectivity index is 2.45. The molecule has 0 aromatic carbocycles. The van der Waals surface area contributed by atoms with Crippen molar-refractivity contribution in [2.75, 3.05) is 7.11 Å². The van der Waals surface area contributed by atoms with Crippen molar-refractivity contribution in [1.82, 2.24) is 19.5 Å². The van der Waals surface area contributed by atoms with Crippen molar-refractivity contribution in [2.24, 2.45) is 5.92 Å². The highest BCUT2D eigenvalue weighted by atomic mass is 16.5. The largest absolute Gasteiger partial charge is 0.469 e. The third-order valence-corrected chi connectivity index (χ3v) is 3.02. The number of ether oxygens (including phenoxy) is 1. The zero-order chi connectivity index (χ0) is 15.6. The number of H-pyrrole nitrogens is 2. The first-order chi connectivity index (χ1) is 9.92. The molecule has 2 heterocycles. The molecular formula is C13H18N4O4. The van der Waals surface area contributed by atoms with Gasteiger partial charge in [-0.3, -0.25) is 19.1 Å². The van der Waals surface area contributed by atoms with E-state index in [0.717, 1.165) is 0 Å². The van der Waals surface area contributed by atoms with Crippen LogP contribution in [-0.2, 0) is 22.5 Å². The molecule has 8 heteroatoms. The van der Waals surface area contributed by atoms with E-state index in [0.29, 0.717) is 24.4 Å². The Morgan fingerprint density at radius 3 is 2.67 bits per heavy atom. The predicted octanol–water partition coefficient (Wildman–Crippen LogP) is 0.174. The first kappa shape index (κ1) is 15.0. The van der Waals surface area contributed by atoms with E-state index in [9.17, 15) is 14.4 Å². The lowest BCUT2D eigenvalue weighted by Gasteiger charge is -2.07. The average Bonchev–Trinajstić information content (AvgIpc) is 2.85. The third-order valence-electron chi connectivity index (χ3n) is 3.02. The summed E-state index contributed by atoms with van der Waals surface area (Å²) in [6, 6.07) is 0. The second-order valence-corrected chi connectivity index (χ2v) is 5.22. The smallest absolute Gasteiger partial charge is 0.330 e. The lowest BCUT2D eigenvalue weighted by Crippen LogP contribution is -2.31. The molecule has 0 spiro atoms. The van der Waals surface area contributed by atoms with Crippen LogP contribution in [0.1, 0.15) is 26.1 Å². The maximum absolute atomic E-state index is 11.9. The number of aromatic amines is 2. The fourth-order valence-electron chi connectivity index (χ4n) is 2.06. The maximum atomic E-state index is 11.9. The van der Waals surface area contributed by atoms with Gasteiger partial charge in [0.1, 0.15) is 11.3 Å². The number of carbonyl (C=O) groups excluding carboxylic acids is 1. The molecule has 2 aromatic rings. The van der Waals surface area contributed by atoms with E-state index in [2.05, 4.69) is 19.7 Å². The molecule has 0 atom stereocenters. The maximum Gasteiger partial charge on any atom is 0.330 e. The number of fused-ring (bicyclic) bond motifs is 1. The number of hydrogen-bond acceptors (Lipinski definition) is 5. The molecule has 0 aliphatic rings. The number of carbonyl (C=O) groups is 1. The Morgan fingerprint density at radius 1 is 1.33 bits per heavy atom. The molecule has 0 fully saturated rings. The number of methoxy groups -OCH3 is 1. The predicted molar refractivity (Wildman–Crippen MR) is 76.1 cm³/mol. The minimum Gasteiger partial charge on any atom is -0.469 e. The Bertz CT molecular complexity index is 769. The minimum absolute atomic E-state index is 0.155. The number of esters is 1. The van der Waals surface area contributed by atoms with Crippen LogP contribution in [0.15, 0.2) is 9.59 Å². The lowest BCUT2D eigenvalue weighted by molar-refractivity contribution is -0.140. The van der Waals surface area contributed by atoms with Gasteiger partial charge in [-0.25, -0.2) is 9.78 Å². The first-order valence-electron chi connectivity index (χ1n) is 6.71. The second kappa shape index (κ2) is 5.94. The van der Waals surface area contributed by atoms with Gasteiger partial charge in [0.05, 0.1) is 13.5 Å². The zero-order valence-electron chi connectivity index (χ0n) is 12.2. The monoisotopic (exact) mass is 294 g/mol. The van der Waals surface area contributed by atoms with Crippen LogP contribution in [0.5, 0.6) is 0 Å². The molecule has 0 aliphatic carbocycles. The number of aryl methyl sites for hydroxylation is 1. The van der Waals surface area contributed by atoms with E-state index < -0.39 is 11.2 Å². The van der Waals surface area contributed by atoms with Crippen LogP contribution < -0.4 is 11.2 Å². The first-order valence-corrected chi connectivity index (χ1v) is 6.71. The summed E-state index contributed by atoms with van der Waals surface area (Å²) in [5.74, 6) is 0.347. The van der Waals surface area contributed by atoms with Gasteiger partial charge in [-0.15, -0.1) is 0 Å². The van der Waals surface area contributed by atoms with Crippen molar-refractivity contribution >= 4 is 17.1 Å². The van der Waals surface area contributed by atoms with Gasteiger partial charge in [-0.05, 0) is 5.92 Å². The van der Waals surface area contributed by atoms with Crippen LogP contribution in [0.3, 0.4) is 0 Å². The highest BCUT2D eigenvalue weighted by Gasteiger charge is 2.14. The summed E-state index contributed by atoms with van der Waals surface area (Å²) in [7, 11) is 1.31. The Morgan fingerprint density at radius 2 is 2.05 bits per heavy atom. The Labute approximate surface area is 120 Å². The summed E-state index contributed by atoms with van der Waals surface area (Å²) >= 11 is 0. The van der Waals surface area contributed by atoms with Gasteiger partial charge in [0.25, 0.3) is 5.56 Å². The number of aromatic nitrogens is 4. The third kappa shape index (κ3) is 3.21. The summed E-state index contributed by atoms with van der Waals surface area (Å²) < 4.78 is 5.99. The second-order valence-electron chi connectivity index (χ2n) is 5.22. The topological polar surface area (TPSA) is 110 Å². The molecular weight excluding hydrogens is 276 g/mol. The van der Waals surface area contributed by atoms with Gasteiger partial charge >= 0.3 is 11.7 Å². The van der Waals surface area contributed by atoms with Gasteiger partial charge in [-0.2, -0.15) is 0 Å². The van der Waals surface area contributed by atoms with Crippen molar-refractivity contribution < 1.29 is 9.53 Å². The van der Waals surface area contributed by atoms with Gasteiger partial charge in [0.2, 0.25) is 0 Å². The highest BCUT2D eigenvalue weighted by molar-refractivity contribution is 5.71. The van der Waals surface area contributed by atoms with Gasteiger partial charge in [0.15, 0.2) is 5.65 Å². The molecule has 114 valence electrons. The molecule has 8 nitrogen and oxygen atoms in total. The number of hydrogen-bond donors (Lipinski definition) is 2. The van der Waals surface area contributed by atoms with Gasteiger partial charge in [0, 0.05) is 13.0 Å². The van der Waals surface area contributed by atoms with Crippen molar-refractivity contribution in [1.29, 1.82) is 0 Å². The number of nitrogens with one attached hydrogen (secondary N) is 2. The Hall–Kier alpha value is -2.38. The summed E-state index contributed by atoms with van der Waals surface area (Å²) in [6.07, 6.45) is 0.472. The summed E-state index contributed by atoms with van der Waals surface area (Å²) in [4.78, 5) is 44.3. The normalized spacial score (nSPS) is 11.2. The molecule has 2 aromatic heterocycles. The summed E-state index contributed by atoms with van der Waals surface area (Å²) in [5, 5.41) is 0. The molecule has 0 unspecified atom stereocenters. The van der Waals surface area contributed by atoms with Gasteiger partial charge in [-0.1, -0.05) is 13.8 Å². The molecule has 0 bridgehead atoms. The molecule has 0 radical (unpaired) electrons. The number of nitrogens with zero attached hydrogens (tertiary/aromatic N) is 2. The molecule has 0 aliphatic heterocycles. The molecule has 21 heavy (non-hydrogen) atoms. The SMILES string of the molecule is COC(=O)CCc1nc2c([nH]1)c(=O)[nH]c(=O)n2CC(C)C. The van der Waals surface area contributed by atoms with Crippen molar-refractivity contribution in [3.63, 3.8) is 0 Å². The van der Waals surface area contributed by atoms with E-state index in [1.54, 1.807) is 0 Å². The van der Waals surface area contributed by atoms with E-state index in [1.807, 2.05) is 13.8 Å². The highest BCUT2D eigenvalue weighted by Crippen LogP contribution is 2.09. The van der Waals surface area contributed by atoms with Crippen molar-refractivity contribution in [3.8, 4) is 0 Å². The van der Waals surface area contributed by atoms with Crippen LogP contribution in [0.25, 0.3) is 11.2 Å². The molecule has 0 saturated carbocycles. The van der Waals surface area contributed by atoms with E-state index in [-0.39, 0.29) is 23.8 Å². The van der Waals surface area contributed by atoms with Crippen LogP contribution in [0.4, 0.5) is 0 Å². The zero-order valence-corrected chi connectivity index (χ0v) is 12.2. The van der Waals surface area contributed by atoms with Crippen LogP contribution >= 0.6 is 0 Å². The summed E-state index contributed by atoms with van der Waals surface area (Å²) in [6.45, 7) is 4.38. The van der Waals surface area contributed by atoms with Crippen LogP contribution in [0.2, 0.25) is 0 Å².